The summed E-state index contributed by atoms with van der Waals surface area (Å²) in [5.74, 6) is -2.19. The minimum Gasteiger partial charge on any atom is -0.348 e. The highest BCUT2D eigenvalue weighted by Crippen LogP contribution is 2.30. The number of ether oxygens (including phenoxy) is 2. The molecule has 22 heavy (non-hydrogen) atoms. The summed E-state index contributed by atoms with van der Waals surface area (Å²) in [6.07, 6.45) is -0.593. The number of halogens is 3. The maximum Gasteiger partial charge on any atom is 0.183 e. The monoisotopic (exact) mass is 308 g/mol. The van der Waals surface area contributed by atoms with Gasteiger partial charge in [-0.1, -0.05) is 25.1 Å². The molecule has 2 nitrogen and oxygen atoms in total. The Kier molecular flexibility index (Phi) is 4.18. The first-order chi connectivity index (χ1) is 10.5. The van der Waals surface area contributed by atoms with Gasteiger partial charge in [0.05, 0.1) is 13.2 Å². The molecule has 0 unspecified atom stereocenters. The van der Waals surface area contributed by atoms with Crippen molar-refractivity contribution in [2.24, 2.45) is 5.92 Å². The molecule has 116 valence electrons. The molecule has 0 spiro atoms. The molecule has 1 saturated heterocycles. The van der Waals surface area contributed by atoms with Crippen molar-refractivity contribution in [3.05, 3.63) is 59.4 Å². The smallest absolute Gasteiger partial charge is 0.183 e. The average molecular weight is 308 g/mol. The average Bonchev–Trinajstić information content (AvgIpc) is 2.51. The Morgan fingerprint density at radius 2 is 1.59 bits per heavy atom. The minimum atomic E-state index is -1.01. The molecule has 1 aliphatic rings. The van der Waals surface area contributed by atoms with Crippen LogP contribution in [0.2, 0.25) is 0 Å². The van der Waals surface area contributed by atoms with E-state index in [-0.39, 0.29) is 11.1 Å². The Hall–Kier alpha value is -1.85. The molecule has 1 fully saturated rings. The van der Waals surface area contributed by atoms with Gasteiger partial charge >= 0.3 is 0 Å². The fraction of sp³-hybridized carbons (Fsp3) is 0.294. The van der Waals surface area contributed by atoms with Gasteiger partial charge in [-0.15, -0.1) is 0 Å². The molecule has 0 atom stereocenters. The molecule has 0 saturated carbocycles. The summed E-state index contributed by atoms with van der Waals surface area (Å²) in [7, 11) is 0. The molecular weight excluding hydrogens is 293 g/mol. The Morgan fingerprint density at radius 1 is 0.864 bits per heavy atom. The van der Waals surface area contributed by atoms with Crippen LogP contribution in [0.4, 0.5) is 13.2 Å². The highest BCUT2D eigenvalue weighted by atomic mass is 19.2. The van der Waals surface area contributed by atoms with Crippen molar-refractivity contribution >= 4 is 0 Å². The van der Waals surface area contributed by atoms with Crippen LogP contribution in [0.3, 0.4) is 0 Å². The second kappa shape index (κ2) is 6.10. The molecule has 1 aliphatic heterocycles. The topological polar surface area (TPSA) is 18.5 Å². The number of hydrogen-bond donors (Lipinski definition) is 0. The Labute approximate surface area is 126 Å². The van der Waals surface area contributed by atoms with Crippen molar-refractivity contribution in [1.82, 2.24) is 0 Å². The Balaban J connectivity index is 1.87. The van der Waals surface area contributed by atoms with Crippen LogP contribution in [0.1, 0.15) is 18.8 Å². The van der Waals surface area contributed by atoms with Gasteiger partial charge in [0.2, 0.25) is 0 Å². The van der Waals surface area contributed by atoms with E-state index in [0.717, 1.165) is 12.1 Å². The van der Waals surface area contributed by atoms with Crippen molar-refractivity contribution in [1.29, 1.82) is 0 Å². The molecule has 2 aromatic rings. The van der Waals surface area contributed by atoms with E-state index in [1.54, 1.807) is 6.07 Å². The van der Waals surface area contributed by atoms with Gasteiger partial charge in [0.25, 0.3) is 0 Å². The zero-order chi connectivity index (χ0) is 15.7. The van der Waals surface area contributed by atoms with Crippen molar-refractivity contribution in [2.75, 3.05) is 13.2 Å². The van der Waals surface area contributed by atoms with E-state index < -0.39 is 23.7 Å². The first-order valence-corrected chi connectivity index (χ1v) is 7.02. The predicted octanol–water partition coefficient (Wildman–Crippen LogP) is 4.45. The highest BCUT2D eigenvalue weighted by molar-refractivity contribution is 5.64. The third-order valence-corrected chi connectivity index (χ3v) is 3.56. The molecule has 0 bridgehead atoms. The highest BCUT2D eigenvalue weighted by Gasteiger charge is 2.22. The Morgan fingerprint density at radius 3 is 2.23 bits per heavy atom. The van der Waals surface area contributed by atoms with Gasteiger partial charge in [-0.3, -0.25) is 0 Å². The van der Waals surface area contributed by atoms with E-state index in [0.29, 0.717) is 24.7 Å². The van der Waals surface area contributed by atoms with Crippen LogP contribution in [0.25, 0.3) is 11.1 Å². The molecule has 1 heterocycles. The van der Waals surface area contributed by atoms with E-state index in [2.05, 4.69) is 0 Å². The van der Waals surface area contributed by atoms with E-state index >= 15 is 0 Å². The lowest BCUT2D eigenvalue weighted by molar-refractivity contribution is -0.202. The second-order valence-electron chi connectivity index (χ2n) is 5.47. The summed E-state index contributed by atoms with van der Waals surface area (Å²) in [6.45, 7) is 3.11. The molecule has 0 aliphatic carbocycles. The third kappa shape index (κ3) is 3.00. The van der Waals surface area contributed by atoms with Crippen molar-refractivity contribution in [3.8, 4) is 11.1 Å². The zero-order valence-electron chi connectivity index (χ0n) is 12.0. The third-order valence-electron chi connectivity index (χ3n) is 3.56. The molecule has 0 radical (unpaired) electrons. The zero-order valence-corrected chi connectivity index (χ0v) is 12.0. The van der Waals surface area contributed by atoms with E-state index in [1.807, 2.05) is 6.92 Å². The van der Waals surface area contributed by atoms with Crippen LogP contribution in [-0.2, 0) is 9.47 Å². The van der Waals surface area contributed by atoms with Crippen LogP contribution in [0, 0.1) is 23.4 Å². The SMILES string of the molecule is CC1COC(c2ccc(-c3ccc(F)c(F)c3)c(F)c2)OC1. The van der Waals surface area contributed by atoms with E-state index in [9.17, 15) is 13.2 Å². The maximum atomic E-state index is 14.3. The summed E-state index contributed by atoms with van der Waals surface area (Å²) < 4.78 is 51.5. The number of rotatable bonds is 2. The van der Waals surface area contributed by atoms with Crippen LogP contribution >= 0.6 is 0 Å². The molecule has 0 N–H and O–H groups in total. The molecule has 2 aromatic carbocycles. The first kappa shape index (κ1) is 15.1. The minimum absolute atomic E-state index is 0.201. The van der Waals surface area contributed by atoms with Gasteiger partial charge in [0, 0.05) is 17.0 Å². The van der Waals surface area contributed by atoms with Crippen molar-refractivity contribution in [2.45, 2.75) is 13.2 Å². The van der Waals surface area contributed by atoms with Gasteiger partial charge < -0.3 is 9.47 Å². The lowest BCUT2D eigenvalue weighted by Crippen LogP contribution is -2.25. The fourth-order valence-electron chi connectivity index (χ4n) is 2.37. The van der Waals surface area contributed by atoms with Crippen molar-refractivity contribution < 1.29 is 22.6 Å². The van der Waals surface area contributed by atoms with Crippen LogP contribution in [-0.4, -0.2) is 13.2 Å². The Bertz CT molecular complexity index is 680. The summed E-state index contributed by atoms with van der Waals surface area (Å²) in [5.41, 5.74) is 1.05. The number of hydrogen-bond acceptors (Lipinski definition) is 2. The van der Waals surface area contributed by atoms with Gasteiger partial charge in [0.1, 0.15) is 5.82 Å². The normalized spacial score (nSPS) is 21.8. The van der Waals surface area contributed by atoms with E-state index in [4.69, 9.17) is 9.47 Å². The van der Waals surface area contributed by atoms with Crippen LogP contribution in [0.5, 0.6) is 0 Å². The molecule has 0 aromatic heterocycles. The van der Waals surface area contributed by atoms with Gasteiger partial charge in [-0.25, -0.2) is 13.2 Å². The van der Waals surface area contributed by atoms with Gasteiger partial charge in [0.15, 0.2) is 17.9 Å². The maximum absolute atomic E-state index is 14.3. The fourth-order valence-corrected chi connectivity index (χ4v) is 2.37. The van der Waals surface area contributed by atoms with Crippen LogP contribution < -0.4 is 0 Å². The van der Waals surface area contributed by atoms with Crippen molar-refractivity contribution in [3.63, 3.8) is 0 Å². The summed E-state index contributed by atoms with van der Waals surface area (Å²) in [4.78, 5) is 0. The summed E-state index contributed by atoms with van der Waals surface area (Å²) in [6, 6.07) is 7.78. The van der Waals surface area contributed by atoms with Crippen LogP contribution in [0.15, 0.2) is 36.4 Å². The molecular formula is C17H15F3O2. The summed E-state index contributed by atoms with van der Waals surface area (Å²) in [5, 5.41) is 0. The largest absolute Gasteiger partial charge is 0.348 e. The first-order valence-electron chi connectivity index (χ1n) is 7.02. The second-order valence-corrected chi connectivity index (χ2v) is 5.47. The summed E-state index contributed by atoms with van der Waals surface area (Å²) >= 11 is 0. The quantitative estimate of drug-likeness (QED) is 0.816. The molecule has 0 amide bonds. The molecule has 5 heteroatoms. The number of benzene rings is 2. The van der Waals surface area contributed by atoms with E-state index in [1.165, 1.54) is 18.2 Å². The van der Waals surface area contributed by atoms with Gasteiger partial charge in [-0.05, 0) is 23.8 Å². The molecule has 3 rings (SSSR count). The lowest BCUT2D eigenvalue weighted by atomic mass is 10.0. The lowest BCUT2D eigenvalue weighted by Gasteiger charge is -2.27. The standard InChI is InChI=1S/C17H15F3O2/c1-10-8-21-17(22-9-10)12-2-4-13(15(19)7-12)11-3-5-14(18)16(20)6-11/h2-7,10,17H,8-9H2,1H3. The van der Waals surface area contributed by atoms with Gasteiger partial charge in [-0.2, -0.15) is 0 Å². The predicted molar refractivity (Wildman–Crippen MR) is 75.6 cm³/mol.